The number of carbonyl (C=O) groups is 3. The molecule has 0 aromatic rings. The van der Waals surface area contributed by atoms with E-state index in [2.05, 4.69) is 130 Å². The second-order valence-electron chi connectivity index (χ2n) is 23.4. The molecule has 0 radical (unpaired) electrons. The van der Waals surface area contributed by atoms with E-state index < -0.39 is 6.10 Å². The summed E-state index contributed by atoms with van der Waals surface area (Å²) >= 11 is 0. The molecule has 6 nitrogen and oxygen atoms in total. The Morgan fingerprint density at radius 3 is 0.735 bits per heavy atom. The predicted octanol–water partition coefficient (Wildman–Crippen LogP) is 24.6. The highest BCUT2D eigenvalue weighted by molar-refractivity contribution is 5.71. The Bertz CT molecular complexity index is 1660. The molecule has 0 amide bonds. The van der Waals surface area contributed by atoms with E-state index >= 15 is 0 Å². The van der Waals surface area contributed by atoms with Crippen molar-refractivity contribution in [3.8, 4) is 0 Å². The summed E-state index contributed by atoms with van der Waals surface area (Å²) in [7, 11) is 0. The Kier molecular flexibility index (Phi) is 67.2. The maximum absolute atomic E-state index is 13.0. The van der Waals surface area contributed by atoms with Crippen LogP contribution in [0, 0.1) is 0 Å². The van der Waals surface area contributed by atoms with Gasteiger partial charge in [0.15, 0.2) is 6.10 Å². The van der Waals surface area contributed by atoms with E-state index in [1.165, 1.54) is 186 Å². The zero-order valence-corrected chi connectivity index (χ0v) is 54.7. The summed E-state index contributed by atoms with van der Waals surface area (Å²) in [6.45, 7) is 6.44. The van der Waals surface area contributed by atoms with Crippen LogP contribution in [0.15, 0.2) is 109 Å². The van der Waals surface area contributed by atoms with Gasteiger partial charge in [-0.25, -0.2) is 0 Å². The van der Waals surface area contributed by atoms with Crippen LogP contribution in [-0.4, -0.2) is 37.2 Å². The fourth-order valence-electron chi connectivity index (χ4n) is 10.0. The molecule has 0 saturated carbocycles. The van der Waals surface area contributed by atoms with Gasteiger partial charge in [0.25, 0.3) is 0 Å². The van der Waals surface area contributed by atoms with Crippen LogP contribution in [-0.2, 0) is 28.6 Å². The molecule has 0 aromatic carbocycles. The first-order valence-corrected chi connectivity index (χ1v) is 35.4. The van der Waals surface area contributed by atoms with Crippen LogP contribution in [0.2, 0.25) is 0 Å². The zero-order chi connectivity index (χ0) is 59.9. The molecule has 1 atom stereocenters. The molecule has 0 aromatic heterocycles. The Hall–Kier alpha value is -3.93. The number of carbonyl (C=O) groups excluding carboxylic acids is 3. The molecule has 0 bridgehead atoms. The van der Waals surface area contributed by atoms with Crippen LogP contribution in [0.4, 0.5) is 0 Å². The molecule has 83 heavy (non-hydrogen) atoms. The molecular formula is C77H132O6. The second kappa shape index (κ2) is 70.6. The summed E-state index contributed by atoms with van der Waals surface area (Å²) in [4.78, 5) is 38.5. The minimum Gasteiger partial charge on any atom is -0.462 e. The third-order valence-corrected chi connectivity index (χ3v) is 15.2. The summed E-state index contributed by atoms with van der Waals surface area (Å²) in [5.74, 6) is -0.881. The standard InChI is InChI=1S/C77H132O6/c1-4-7-10-13-16-19-22-25-28-31-33-35-37-38-40-41-43-46-49-52-55-58-61-64-67-70-76(79)82-73-74(72-81-75(78)69-66-63-60-57-54-51-48-45-30-27-24-21-18-15-12-9-6-3)83-77(80)71-68-65-62-59-56-53-50-47-44-42-39-36-34-32-29-26-23-20-17-14-11-8-5-2/h7,9-10,12,16,18-19,21,23,25-28,30,32-35,74H,4-6,8,11,13-15,17,20,22,24,29,31,36-73H2,1-3H3/b10-7-,12-9-,19-16-,21-18-,26-23-,28-25-,30-27-,34-32-,35-33-. The van der Waals surface area contributed by atoms with Crippen molar-refractivity contribution in [3.05, 3.63) is 109 Å². The lowest BCUT2D eigenvalue weighted by Gasteiger charge is -2.18. The number of hydrogen-bond acceptors (Lipinski definition) is 6. The highest BCUT2D eigenvalue weighted by Crippen LogP contribution is 2.17. The van der Waals surface area contributed by atoms with Gasteiger partial charge < -0.3 is 14.2 Å². The molecule has 1 unspecified atom stereocenters. The Morgan fingerprint density at radius 1 is 0.253 bits per heavy atom. The van der Waals surface area contributed by atoms with Gasteiger partial charge in [0.2, 0.25) is 0 Å². The summed E-state index contributed by atoms with van der Waals surface area (Å²) in [6, 6.07) is 0. The maximum Gasteiger partial charge on any atom is 0.306 e. The molecule has 0 saturated heterocycles. The molecular weight excluding hydrogens is 1020 g/mol. The molecule has 0 aliphatic carbocycles. The smallest absolute Gasteiger partial charge is 0.306 e. The fraction of sp³-hybridized carbons (Fsp3) is 0.727. The highest BCUT2D eigenvalue weighted by atomic mass is 16.6. The number of ether oxygens (including phenoxy) is 3. The van der Waals surface area contributed by atoms with Gasteiger partial charge in [0.1, 0.15) is 13.2 Å². The van der Waals surface area contributed by atoms with E-state index in [4.69, 9.17) is 14.2 Å². The van der Waals surface area contributed by atoms with Crippen molar-refractivity contribution in [2.75, 3.05) is 13.2 Å². The number of allylic oxidation sites excluding steroid dienone is 18. The van der Waals surface area contributed by atoms with E-state index in [-0.39, 0.29) is 31.1 Å². The van der Waals surface area contributed by atoms with Gasteiger partial charge in [0.05, 0.1) is 0 Å². The second-order valence-corrected chi connectivity index (χ2v) is 23.4. The van der Waals surface area contributed by atoms with Gasteiger partial charge in [-0.1, -0.05) is 310 Å². The minimum atomic E-state index is -0.788. The lowest BCUT2D eigenvalue weighted by molar-refractivity contribution is -0.167. The van der Waals surface area contributed by atoms with E-state index in [0.717, 1.165) is 116 Å². The molecule has 0 aliphatic rings. The SMILES string of the molecule is CC/C=C\C/C=C\C/C=C\C/C=C\CCCCCCCCCCCCCCC(=O)OCC(COC(=O)CCCCCCCCC/C=C\C/C=C\C/C=C\CC)OC(=O)CCCCCCCCCCCCC/C=C\C/C=C\CCCCCCC. The maximum atomic E-state index is 13.0. The third kappa shape index (κ3) is 68.7. The lowest BCUT2D eigenvalue weighted by Crippen LogP contribution is -2.30. The molecule has 0 aliphatic heterocycles. The summed E-state index contributed by atoms with van der Waals surface area (Å²) in [5.41, 5.74) is 0. The van der Waals surface area contributed by atoms with Crippen molar-refractivity contribution in [2.45, 2.75) is 348 Å². The van der Waals surface area contributed by atoms with Crippen LogP contribution >= 0.6 is 0 Å². The van der Waals surface area contributed by atoms with E-state index in [1.54, 1.807) is 0 Å². The molecule has 0 heterocycles. The van der Waals surface area contributed by atoms with E-state index in [1.807, 2.05) is 0 Å². The van der Waals surface area contributed by atoms with Gasteiger partial charge in [-0.3, -0.25) is 14.4 Å². The van der Waals surface area contributed by atoms with Crippen LogP contribution in [0.25, 0.3) is 0 Å². The van der Waals surface area contributed by atoms with Crippen molar-refractivity contribution >= 4 is 17.9 Å². The van der Waals surface area contributed by atoms with Crippen molar-refractivity contribution in [1.29, 1.82) is 0 Å². The highest BCUT2D eigenvalue weighted by Gasteiger charge is 2.19. The molecule has 0 spiro atoms. The van der Waals surface area contributed by atoms with Gasteiger partial charge in [0, 0.05) is 19.3 Å². The average Bonchev–Trinajstić information content (AvgIpc) is 3.49. The Morgan fingerprint density at radius 2 is 0.470 bits per heavy atom. The first-order valence-electron chi connectivity index (χ1n) is 35.4. The van der Waals surface area contributed by atoms with Crippen molar-refractivity contribution < 1.29 is 28.6 Å². The van der Waals surface area contributed by atoms with Gasteiger partial charge in [-0.15, -0.1) is 0 Å². The molecule has 0 fully saturated rings. The predicted molar refractivity (Wildman–Crippen MR) is 362 cm³/mol. The van der Waals surface area contributed by atoms with E-state index in [9.17, 15) is 14.4 Å². The number of unbranched alkanes of at least 4 members (excludes halogenated alkanes) is 35. The first-order chi connectivity index (χ1) is 41.0. The number of hydrogen-bond donors (Lipinski definition) is 0. The Balaban J connectivity index is 4.36. The van der Waals surface area contributed by atoms with Crippen LogP contribution < -0.4 is 0 Å². The molecule has 0 rings (SSSR count). The van der Waals surface area contributed by atoms with Crippen LogP contribution in [0.1, 0.15) is 342 Å². The fourth-order valence-corrected chi connectivity index (χ4v) is 10.0. The average molecular weight is 1150 g/mol. The van der Waals surface area contributed by atoms with E-state index in [0.29, 0.717) is 19.3 Å². The van der Waals surface area contributed by atoms with Crippen LogP contribution in [0.3, 0.4) is 0 Å². The normalized spacial score (nSPS) is 12.8. The van der Waals surface area contributed by atoms with Crippen LogP contribution in [0.5, 0.6) is 0 Å². The monoisotopic (exact) mass is 1150 g/mol. The quantitative estimate of drug-likeness (QED) is 0.0261. The minimum absolute atomic E-state index is 0.0822. The number of esters is 3. The summed E-state index contributed by atoms with van der Waals surface area (Å²) in [6.07, 6.45) is 96.8. The zero-order valence-electron chi connectivity index (χ0n) is 54.7. The molecule has 6 heteroatoms. The topological polar surface area (TPSA) is 78.9 Å². The molecule has 0 N–H and O–H groups in total. The molecule has 476 valence electrons. The van der Waals surface area contributed by atoms with Crippen molar-refractivity contribution in [3.63, 3.8) is 0 Å². The summed E-state index contributed by atoms with van der Waals surface area (Å²) < 4.78 is 17.0. The third-order valence-electron chi connectivity index (χ3n) is 15.2. The Labute approximate surface area is 514 Å². The first kappa shape index (κ1) is 79.1. The lowest BCUT2D eigenvalue weighted by atomic mass is 10.0. The van der Waals surface area contributed by atoms with Gasteiger partial charge in [-0.2, -0.15) is 0 Å². The van der Waals surface area contributed by atoms with Crippen molar-refractivity contribution in [1.82, 2.24) is 0 Å². The van der Waals surface area contributed by atoms with Gasteiger partial charge in [-0.05, 0) is 122 Å². The number of rotatable bonds is 64. The summed E-state index contributed by atoms with van der Waals surface area (Å²) in [5, 5.41) is 0. The largest absolute Gasteiger partial charge is 0.462 e. The van der Waals surface area contributed by atoms with Crippen molar-refractivity contribution in [2.24, 2.45) is 0 Å². The van der Waals surface area contributed by atoms with Gasteiger partial charge >= 0.3 is 17.9 Å².